The standard InChI is InChI=1S/C51H51NO8/c1-3-5-7-9-11-13-15-17-18-19-20-21-22-23-24-25-26-27-29-31-33-35-37-39-47(55)52-43(40-41-45-49(57)51(59)50(58)46(42-53)60-45)48(56)44(54)38-36-34-32-30-28-16-14-12-10-8-6-4-2/h40-41,43-46,48-51,53-54,56-59H,4,6,8,10,12,14,16,28,30,32,34,36,38,42H2,1-2H3,(H,52,55)/b41-40-/t43?,44-,45-,46?,48+,49?,50+,51-/m1/s1. The fourth-order valence-electron chi connectivity index (χ4n) is 5.33. The maximum Gasteiger partial charge on any atom is 0.297 e. The van der Waals surface area contributed by atoms with E-state index in [9.17, 15) is 35.4 Å². The molecule has 0 aromatic carbocycles. The summed E-state index contributed by atoms with van der Waals surface area (Å²) in [4.78, 5) is 12.7. The third kappa shape index (κ3) is 25.8. The minimum Gasteiger partial charge on any atom is -0.394 e. The summed E-state index contributed by atoms with van der Waals surface area (Å²) in [5.41, 5.74) is 0. The fraction of sp³-hybridized carbons (Fsp3) is 0.471. The molecule has 1 aliphatic heterocycles. The summed E-state index contributed by atoms with van der Waals surface area (Å²) in [6.45, 7) is 3.27. The third-order valence-electron chi connectivity index (χ3n) is 8.46. The van der Waals surface area contributed by atoms with Gasteiger partial charge in [-0.2, -0.15) is 0 Å². The average Bonchev–Trinajstić information content (AvgIpc) is 3.25. The van der Waals surface area contributed by atoms with Crippen molar-refractivity contribution in [2.24, 2.45) is 0 Å². The molecule has 308 valence electrons. The van der Waals surface area contributed by atoms with Crippen molar-refractivity contribution in [1.82, 2.24) is 5.32 Å². The van der Waals surface area contributed by atoms with Crippen molar-refractivity contribution in [3.63, 3.8) is 0 Å². The molecule has 1 aliphatic rings. The predicted octanol–water partition coefficient (Wildman–Crippen LogP) is 1.74. The van der Waals surface area contributed by atoms with Gasteiger partial charge in [-0.3, -0.25) is 4.79 Å². The molecule has 3 unspecified atom stereocenters. The van der Waals surface area contributed by atoms with Crippen molar-refractivity contribution < 1.29 is 40.2 Å². The fourth-order valence-corrected chi connectivity index (χ4v) is 5.33. The van der Waals surface area contributed by atoms with Gasteiger partial charge in [-0.05, 0) is 108 Å². The smallest absolute Gasteiger partial charge is 0.297 e. The van der Waals surface area contributed by atoms with E-state index >= 15 is 0 Å². The van der Waals surface area contributed by atoms with Crippen LogP contribution in [0.2, 0.25) is 0 Å². The van der Waals surface area contributed by atoms with Gasteiger partial charge in [0.05, 0.1) is 18.8 Å². The van der Waals surface area contributed by atoms with E-state index in [2.05, 4.69) is 154 Å². The zero-order valence-electron chi connectivity index (χ0n) is 34.2. The third-order valence-corrected chi connectivity index (χ3v) is 8.46. The van der Waals surface area contributed by atoms with Gasteiger partial charge >= 0.3 is 0 Å². The van der Waals surface area contributed by atoms with Crippen molar-refractivity contribution >= 4 is 5.91 Å². The molecular weight excluding hydrogens is 755 g/mol. The molecule has 0 aromatic rings. The van der Waals surface area contributed by atoms with Gasteiger partial charge in [0.15, 0.2) is 0 Å². The van der Waals surface area contributed by atoms with Crippen LogP contribution in [0, 0.1) is 142 Å². The van der Waals surface area contributed by atoms with Gasteiger partial charge in [0.25, 0.3) is 5.91 Å². The quantitative estimate of drug-likeness (QED) is 0.0592. The van der Waals surface area contributed by atoms with E-state index in [4.69, 9.17) is 4.74 Å². The van der Waals surface area contributed by atoms with Crippen LogP contribution in [0.25, 0.3) is 0 Å². The SMILES string of the molecule is CC#CC#CC#CC#CC#CC#CC#CC#CC#CC#CC#CC#CC(=O)NC(/C=C\[C@H]1OC(CO)[C@H](O)[C@H](O)C1O)[C@H](O)[C@H](O)CCCCCCCCCCCCCC. The molecule has 1 amide bonds. The average molecular weight is 806 g/mol. The molecule has 0 bridgehead atoms. The molecule has 0 saturated carbocycles. The van der Waals surface area contributed by atoms with Crippen LogP contribution in [-0.4, -0.2) is 91.9 Å². The van der Waals surface area contributed by atoms with Crippen molar-refractivity contribution in [3.8, 4) is 142 Å². The number of aliphatic hydroxyl groups is 6. The van der Waals surface area contributed by atoms with Crippen LogP contribution in [0.1, 0.15) is 97.3 Å². The normalized spacial score (nSPS) is 17.9. The van der Waals surface area contributed by atoms with Crippen LogP contribution in [0.3, 0.4) is 0 Å². The molecule has 1 heterocycles. The van der Waals surface area contributed by atoms with E-state index in [0.29, 0.717) is 6.42 Å². The van der Waals surface area contributed by atoms with Crippen LogP contribution in [-0.2, 0) is 9.53 Å². The lowest BCUT2D eigenvalue weighted by molar-refractivity contribution is -0.216. The molecule has 0 spiro atoms. The zero-order chi connectivity index (χ0) is 43.9. The number of unbranched alkanes of at least 4 members (excludes halogenated alkanes) is 11. The summed E-state index contributed by atoms with van der Waals surface area (Å²) in [5, 5.41) is 64.6. The molecule has 1 fully saturated rings. The Kier molecular flexibility index (Phi) is 30.8. The number of aliphatic hydroxyl groups excluding tert-OH is 6. The molecule has 7 N–H and O–H groups in total. The summed E-state index contributed by atoms with van der Waals surface area (Å²) >= 11 is 0. The van der Waals surface area contributed by atoms with Gasteiger partial charge in [0.2, 0.25) is 0 Å². The number of carbonyl (C=O) groups excluding carboxylic acids is 1. The number of amides is 1. The van der Waals surface area contributed by atoms with Gasteiger partial charge in [0, 0.05) is 41.4 Å². The lowest BCUT2D eigenvalue weighted by Crippen LogP contribution is -2.58. The summed E-state index contributed by atoms with van der Waals surface area (Å²) in [5.74, 6) is 58.6. The van der Waals surface area contributed by atoms with Gasteiger partial charge in [-0.1, -0.05) is 102 Å². The number of carbonyl (C=O) groups is 1. The van der Waals surface area contributed by atoms with E-state index in [-0.39, 0.29) is 6.42 Å². The van der Waals surface area contributed by atoms with E-state index in [1.54, 1.807) is 6.92 Å². The van der Waals surface area contributed by atoms with Gasteiger partial charge < -0.3 is 40.7 Å². The van der Waals surface area contributed by atoms with Gasteiger partial charge in [0.1, 0.15) is 36.6 Å². The van der Waals surface area contributed by atoms with Gasteiger partial charge in [-0.15, -0.1) is 0 Å². The maximum absolute atomic E-state index is 12.7. The molecular formula is C51H51NO8. The largest absolute Gasteiger partial charge is 0.394 e. The second-order valence-electron chi connectivity index (χ2n) is 13.0. The Bertz CT molecular complexity index is 2190. The van der Waals surface area contributed by atoms with E-state index < -0.39 is 61.3 Å². The Morgan fingerprint density at radius 1 is 0.583 bits per heavy atom. The topological polar surface area (TPSA) is 160 Å². The van der Waals surface area contributed by atoms with Crippen LogP contribution in [0.15, 0.2) is 12.2 Å². The van der Waals surface area contributed by atoms with E-state index in [1.165, 1.54) is 63.5 Å². The first-order chi connectivity index (χ1) is 29.3. The van der Waals surface area contributed by atoms with Crippen molar-refractivity contribution in [2.75, 3.05) is 6.61 Å². The zero-order valence-corrected chi connectivity index (χ0v) is 34.2. The Morgan fingerprint density at radius 2 is 0.983 bits per heavy atom. The summed E-state index contributed by atoms with van der Waals surface area (Å²) in [6, 6.07) is -1.19. The second kappa shape index (κ2) is 35.8. The van der Waals surface area contributed by atoms with Crippen LogP contribution >= 0.6 is 0 Å². The Morgan fingerprint density at radius 3 is 1.40 bits per heavy atom. The predicted molar refractivity (Wildman–Crippen MR) is 232 cm³/mol. The highest BCUT2D eigenvalue weighted by molar-refractivity contribution is 5.94. The Balaban J connectivity index is 2.78. The second-order valence-corrected chi connectivity index (χ2v) is 13.0. The molecule has 60 heavy (non-hydrogen) atoms. The molecule has 9 nitrogen and oxygen atoms in total. The molecule has 1 saturated heterocycles. The highest BCUT2D eigenvalue weighted by Crippen LogP contribution is 2.22. The van der Waals surface area contributed by atoms with Crippen molar-refractivity contribution in [1.29, 1.82) is 0 Å². The van der Waals surface area contributed by atoms with E-state index in [0.717, 1.165) is 19.3 Å². The number of ether oxygens (including phenoxy) is 1. The number of rotatable bonds is 19. The summed E-state index contributed by atoms with van der Waals surface area (Å²) in [7, 11) is 0. The molecule has 0 aliphatic carbocycles. The first kappa shape index (κ1) is 51.7. The molecule has 9 heteroatoms. The van der Waals surface area contributed by atoms with Gasteiger partial charge in [-0.25, -0.2) is 0 Å². The van der Waals surface area contributed by atoms with Crippen LogP contribution in [0.5, 0.6) is 0 Å². The minimum absolute atomic E-state index is 0.280. The number of hydrogen-bond acceptors (Lipinski definition) is 8. The monoisotopic (exact) mass is 805 g/mol. The molecule has 8 atom stereocenters. The van der Waals surface area contributed by atoms with Crippen LogP contribution < -0.4 is 5.32 Å². The molecule has 0 radical (unpaired) electrons. The Labute approximate surface area is 357 Å². The van der Waals surface area contributed by atoms with Crippen molar-refractivity contribution in [3.05, 3.63) is 12.2 Å². The molecule has 1 rings (SSSR count). The highest BCUT2D eigenvalue weighted by Gasteiger charge is 2.42. The Hall–Kier alpha value is -6.35. The van der Waals surface area contributed by atoms with Crippen molar-refractivity contribution in [2.45, 2.75) is 146 Å². The minimum atomic E-state index is -1.62. The first-order valence-electron chi connectivity index (χ1n) is 19.8. The highest BCUT2D eigenvalue weighted by atomic mass is 16.5. The van der Waals surface area contributed by atoms with E-state index in [1.807, 2.05) is 0 Å². The lowest BCUT2D eigenvalue weighted by Gasteiger charge is -2.39. The van der Waals surface area contributed by atoms with Crippen LogP contribution in [0.4, 0.5) is 0 Å². The number of nitrogens with one attached hydrogen (secondary N) is 1. The molecule has 0 aromatic heterocycles. The number of hydrogen-bond donors (Lipinski definition) is 7. The first-order valence-corrected chi connectivity index (χ1v) is 19.8. The lowest BCUT2D eigenvalue weighted by atomic mass is 9.93. The summed E-state index contributed by atoms with van der Waals surface area (Å²) in [6.07, 6.45) is 6.87. The summed E-state index contributed by atoms with van der Waals surface area (Å²) < 4.78 is 5.50. The maximum atomic E-state index is 12.7.